The van der Waals surface area contributed by atoms with Gasteiger partial charge in [0.15, 0.2) is 5.75 Å². The Morgan fingerprint density at radius 1 is 1.06 bits per heavy atom. The highest BCUT2D eigenvalue weighted by molar-refractivity contribution is 6.36. The van der Waals surface area contributed by atoms with Crippen molar-refractivity contribution in [1.82, 2.24) is 14.1 Å². The number of benzene rings is 1. The number of pyridine rings is 1. The summed E-state index contributed by atoms with van der Waals surface area (Å²) in [5, 5.41) is 0.136. The van der Waals surface area contributed by atoms with E-state index in [-0.39, 0.29) is 50.9 Å². The topological polar surface area (TPSA) is 119 Å². The maximum atomic E-state index is 13.9. The van der Waals surface area contributed by atoms with Crippen LogP contribution in [0.1, 0.15) is 33.3 Å². The van der Waals surface area contributed by atoms with Crippen molar-refractivity contribution >= 4 is 34.2 Å². The lowest BCUT2D eigenvalue weighted by molar-refractivity contribution is 0.0257. The number of carbonyl (C=O) groups excluding carboxylic acids is 2. The Labute approximate surface area is 197 Å². The third-order valence-electron chi connectivity index (χ3n) is 6.70. The first-order valence-corrected chi connectivity index (χ1v) is 10.8. The Kier molecular flexibility index (Phi) is 4.67. The average molecular weight is 486 g/mol. The number of aromatic nitrogens is 3. The molecule has 2 aromatic heterocycles. The van der Waals surface area contributed by atoms with Crippen molar-refractivity contribution in [3.63, 3.8) is 0 Å². The highest BCUT2D eigenvalue weighted by Crippen LogP contribution is 2.53. The van der Waals surface area contributed by atoms with Crippen LogP contribution in [0.15, 0.2) is 21.7 Å². The Bertz CT molecular complexity index is 1570. The summed E-state index contributed by atoms with van der Waals surface area (Å²) in [6.45, 7) is 1.71. The predicted molar refractivity (Wildman–Crippen MR) is 122 cm³/mol. The lowest BCUT2D eigenvalue weighted by atomic mass is 9.71. The molecule has 5 rings (SSSR count). The van der Waals surface area contributed by atoms with Gasteiger partial charge in [-0.25, -0.2) is 9.78 Å². The van der Waals surface area contributed by atoms with E-state index < -0.39 is 34.3 Å². The first-order chi connectivity index (χ1) is 16.1. The van der Waals surface area contributed by atoms with Gasteiger partial charge in [-0.15, -0.1) is 0 Å². The number of Topliss-reactive ketones (excluding diaryl/α,β-unsaturated/α-hetero) is 2. The van der Waals surface area contributed by atoms with E-state index in [1.54, 1.807) is 6.92 Å². The minimum atomic E-state index is -1.90. The van der Waals surface area contributed by atoms with Crippen LogP contribution in [-0.4, -0.2) is 45.5 Å². The zero-order valence-electron chi connectivity index (χ0n) is 19.0. The summed E-state index contributed by atoms with van der Waals surface area (Å²) in [5.41, 5.74) is -2.34. The molecular weight excluding hydrogens is 466 g/mol. The molecule has 0 bridgehead atoms. The largest absolute Gasteiger partial charge is 0.496 e. The monoisotopic (exact) mass is 485 g/mol. The molecule has 34 heavy (non-hydrogen) atoms. The number of aryl methyl sites for hydroxylation is 1. The molecule has 1 aliphatic carbocycles. The van der Waals surface area contributed by atoms with E-state index in [0.717, 1.165) is 4.57 Å². The van der Waals surface area contributed by atoms with Crippen LogP contribution in [-0.2, 0) is 20.5 Å². The minimum Gasteiger partial charge on any atom is -0.496 e. The van der Waals surface area contributed by atoms with E-state index >= 15 is 0 Å². The summed E-state index contributed by atoms with van der Waals surface area (Å²) in [6, 6.07) is 2.85. The summed E-state index contributed by atoms with van der Waals surface area (Å²) in [5.74, 6) is -1.43. The quantitative estimate of drug-likeness (QED) is 0.503. The Morgan fingerprint density at radius 3 is 2.38 bits per heavy atom. The second-order valence-corrected chi connectivity index (χ2v) is 8.84. The lowest BCUT2D eigenvalue weighted by Crippen LogP contribution is -2.57. The van der Waals surface area contributed by atoms with Gasteiger partial charge in [0.1, 0.15) is 27.7 Å². The van der Waals surface area contributed by atoms with Crippen LogP contribution in [0, 0.1) is 5.92 Å². The lowest BCUT2D eigenvalue weighted by Gasteiger charge is -2.36. The van der Waals surface area contributed by atoms with E-state index in [2.05, 4.69) is 4.98 Å². The molecule has 0 fully saturated rings. The minimum absolute atomic E-state index is 0.0126. The maximum absolute atomic E-state index is 13.9. The van der Waals surface area contributed by atoms with Crippen molar-refractivity contribution in [1.29, 1.82) is 0 Å². The molecule has 2 atom stereocenters. The van der Waals surface area contributed by atoms with Crippen LogP contribution in [0.2, 0.25) is 5.02 Å². The van der Waals surface area contributed by atoms with E-state index in [9.17, 15) is 19.2 Å². The fourth-order valence-corrected chi connectivity index (χ4v) is 5.09. The van der Waals surface area contributed by atoms with Crippen LogP contribution in [0.5, 0.6) is 17.2 Å². The van der Waals surface area contributed by atoms with Gasteiger partial charge in [0.2, 0.25) is 17.2 Å². The normalized spacial score (nSPS) is 20.9. The van der Waals surface area contributed by atoms with E-state index in [0.29, 0.717) is 5.69 Å². The number of nitrogens with zero attached hydrogens (tertiary/aromatic N) is 3. The first kappa shape index (κ1) is 22.1. The molecule has 1 aliphatic heterocycles. The van der Waals surface area contributed by atoms with Gasteiger partial charge < -0.3 is 14.2 Å². The van der Waals surface area contributed by atoms with Crippen molar-refractivity contribution in [2.45, 2.75) is 18.9 Å². The number of ether oxygens (including phenoxy) is 3. The van der Waals surface area contributed by atoms with E-state index in [1.807, 2.05) is 0 Å². The van der Waals surface area contributed by atoms with Gasteiger partial charge >= 0.3 is 5.69 Å². The van der Waals surface area contributed by atoms with Crippen molar-refractivity contribution in [2.24, 2.45) is 20.0 Å². The van der Waals surface area contributed by atoms with E-state index in [4.69, 9.17) is 25.8 Å². The summed E-state index contributed by atoms with van der Waals surface area (Å²) in [7, 11) is 5.64. The predicted octanol–water partition coefficient (Wildman–Crippen LogP) is 1.69. The molecule has 2 aliphatic rings. The van der Waals surface area contributed by atoms with Crippen LogP contribution >= 0.6 is 11.6 Å². The molecule has 0 unspecified atom stereocenters. The maximum Gasteiger partial charge on any atom is 0.332 e. The molecule has 0 saturated heterocycles. The van der Waals surface area contributed by atoms with Crippen LogP contribution in [0.25, 0.3) is 11.0 Å². The molecule has 10 nitrogen and oxygen atoms in total. The van der Waals surface area contributed by atoms with Crippen molar-refractivity contribution in [3.8, 4) is 17.2 Å². The standard InChI is InChI=1S/C23H20ClN3O7/c1-9-6-12-10(7-11-20(25-12)26(2)22(31)27(3)21(11)30)18(28)23(9)19(29)15-13(32-4)8-14(33-5)16(24)17(15)34-23/h7-9H,6H2,1-5H3/t9-,23+/m1/s1. The fraction of sp³-hybridized carbons (Fsp3) is 0.348. The van der Waals surface area contributed by atoms with Crippen LogP contribution < -0.4 is 25.5 Å². The molecule has 1 spiro atoms. The second-order valence-electron chi connectivity index (χ2n) is 8.46. The Balaban J connectivity index is 1.76. The summed E-state index contributed by atoms with van der Waals surface area (Å²) in [4.78, 5) is 57.3. The van der Waals surface area contributed by atoms with Crippen molar-refractivity contribution in [2.75, 3.05) is 14.2 Å². The number of hydrogen-bond acceptors (Lipinski definition) is 8. The summed E-state index contributed by atoms with van der Waals surface area (Å²) in [6.07, 6.45) is 0.192. The molecule has 0 saturated carbocycles. The van der Waals surface area contributed by atoms with Crippen LogP contribution in [0.4, 0.5) is 0 Å². The first-order valence-electron chi connectivity index (χ1n) is 10.4. The van der Waals surface area contributed by atoms with Crippen molar-refractivity contribution in [3.05, 3.63) is 54.8 Å². The SMILES string of the molecule is COc1cc(OC)c2c(c1Cl)O[C@@]1(C(=O)c3cc4c(=O)n(C)c(=O)n(C)c4nc3C[C@H]1C)C2=O. The molecule has 0 amide bonds. The van der Waals surface area contributed by atoms with Crippen LogP contribution in [0.3, 0.4) is 0 Å². The van der Waals surface area contributed by atoms with Gasteiger partial charge in [-0.3, -0.25) is 23.5 Å². The summed E-state index contributed by atoms with van der Waals surface area (Å²) < 4.78 is 18.9. The smallest absolute Gasteiger partial charge is 0.332 e. The molecule has 0 radical (unpaired) electrons. The Hall–Kier alpha value is -3.66. The molecule has 1 aromatic carbocycles. The van der Waals surface area contributed by atoms with Gasteiger partial charge in [0.25, 0.3) is 5.56 Å². The number of hydrogen-bond donors (Lipinski definition) is 0. The van der Waals surface area contributed by atoms with Gasteiger partial charge in [-0.1, -0.05) is 18.5 Å². The summed E-state index contributed by atoms with van der Waals surface area (Å²) >= 11 is 6.44. The molecule has 0 N–H and O–H groups in total. The molecule has 3 aromatic rings. The molecule has 3 heterocycles. The zero-order chi connectivity index (χ0) is 24.7. The Morgan fingerprint density at radius 2 is 1.74 bits per heavy atom. The number of fused-ring (bicyclic) bond motifs is 3. The molecule has 11 heteroatoms. The number of carbonyl (C=O) groups is 2. The van der Waals surface area contributed by atoms with Gasteiger partial charge in [-0.05, 0) is 12.5 Å². The van der Waals surface area contributed by atoms with Crippen molar-refractivity contribution < 1.29 is 23.8 Å². The van der Waals surface area contributed by atoms with Gasteiger partial charge in [0, 0.05) is 31.6 Å². The third-order valence-corrected chi connectivity index (χ3v) is 7.06. The number of rotatable bonds is 2. The number of ketones is 2. The average Bonchev–Trinajstić information content (AvgIpc) is 3.14. The number of methoxy groups -OCH3 is 2. The second kappa shape index (κ2) is 7.17. The zero-order valence-corrected chi connectivity index (χ0v) is 19.8. The molecule has 176 valence electrons. The fourth-order valence-electron chi connectivity index (χ4n) is 4.82. The third kappa shape index (κ3) is 2.54. The van der Waals surface area contributed by atoms with Gasteiger partial charge in [-0.2, -0.15) is 0 Å². The van der Waals surface area contributed by atoms with E-state index in [1.165, 1.54) is 45.0 Å². The molecular formula is C23H20ClN3O7. The number of halogens is 1. The highest BCUT2D eigenvalue weighted by atomic mass is 35.5. The van der Waals surface area contributed by atoms with Gasteiger partial charge in [0.05, 0.1) is 25.3 Å². The highest BCUT2D eigenvalue weighted by Gasteiger charge is 2.62.